The average Bonchev–Trinajstić information content (AvgIpc) is 2.68. The van der Waals surface area contributed by atoms with Crippen molar-refractivity contribution in [3.05, 3.63) is 24.2 Å². The first-order chi connectivity index (χ1) is 7.20. The highest BCUT2D eigenvalue weighted by Crippen LogP contribution is 2.43. The Kier molecular flexibility index (Phi) is 5.05. The van der Waals surface area contributed by atoms with Crippen molar-refractivity contribution in [1.82, 2.24) is 5.09 Å². The molecule has 0 saturated heterocycles. The second-order valence-corrected chi connectivity index (χ2v) is 4.57. The Morgan fingerprint density at radius 3 is 2.53 bits per heavy atom. The van der Waals surface area contributed by atoms with Gasteiger partial charge in [0.2, 0.25) is 0 Å². The standard InChI is InChI=1S/C9H16NO4P/c1-3-13-15(11,14-4-2)10-8-9-6-5-7-12-9/h5-7H,3-4,8H2,1-2H3,(H,10,11). The van der Waals surface area contributed by atoms with Crippen LogP contribution in [0.3, 0.4) is 0 Å². The van der Waals surface area contributed by atoms with E-state index >= 15 is 0 Å². The fraction of sp³-hybridized carbons (Fsp3) is 0.556. The van der Waals surface area contributed by atoms with Gasteiger partial charge in [-0.15, -0.1) is 0 Å². The van der Waals surface area contributed by atoms with Gasteiger partial charge in [-0.25, -0.2) is 9.65 Å². The van der Waals surface area contributed by atoms with Gasteiger partial charge in [0.05, 0.1) is 26.0 Å². The van der Waals surface area contributed by atoms with Gasteiger partial charge >= 0.3 is 7.75 Å². The third-order valence-corrected chi connectivity index (χ3v) is 3.37. The molecule has 0 unspecified atom stereocenters. The number of nitrogens with one attached hydrogen (secondary N) is 1. The second-order valence-electron chi connectivity index (χ2n) is 2.75. The molecule has 1 heterocycles. The van der Waals surface area contributed by atoms with Crippen molar-refractivity contribution in [2.24, 2.45) is 0 Å². The molecular formula is C9H16NO4P. The maximum absolute atomic E-state index is 11.9. The molecule has 0 aliphatic carbocycles. The van der Waals surface area contributed by atoms with Crippen molar-refractivity contribution >= 4 is 7.75 Å². The van der Waals surface area contributed by atoms with Crippen LogP contribution >= 0.6 is 7.75 Å². The molecule has 6 heteroatoms. The molecular weight excluding hydrogens is 217 g/mol. The lowest BCUT2D eigenvalue weighted by Gasteiger charge is -2.16. The molecule has 15 heavy (non-hydrogen) atoms. The number of hydrogen-bond donors (Lipinski definition) is 1. The lowest BCUT2D eigenvalue weighted by molar-refractivity contribution is 0.209. The summed E-state index contributed by atoms with van der Waals surface area (Å²) in [6.45, 7) is 4.52. The molecule has 5 nitrogen and oxygen atoms in total. The van der Waals surface area contributed by atoms with Gasteiger partial charge in [0.25, 0.3) is 0 Å². The lowest BCUT2D eigenvalue weighted by Crippen LogP contribution is -2.14. The Morgan fingerprint density at radius 1 is 1.40 bits per heavy atom. The van der Waals surface area contributed by atoms with Crippen LogP contribution in [-0.4, -0.2) is 13.2 Å². The maximum Gasteiger partial charge on any atom is 0.405 e. The highest BCUT2D eigenvalue weighted by molar-refractivity contribution is 7.51. The van der Waals surface area contributed by atoms with Crippen LogP contribution in [0.25, 0.3) is 0 Å². The van der Waals surface area contributed by atoms with E-state index in [1.165, 1.54) is 0 Å². The van der Waals surface area contributed by atoms with Gasteiger partial charge in [0, 0.05) is 0 Å². The Balaban J connectivity index is 2.48. The largest absolute Gasteiger partial charge is 0.468 e. The van der Waals surface area contributed by atoms with Crippen molar-refractivity contribution in [2.75, 3.05) is 13.2 Å². The zero-order valence-corrected chi connectivity index (χ0v) is 9.83. The number of rotatable bonds is 7. The molecule has 0 saturated carbocycles. The summed E-state index contributed by atoms with van der Waals surface area (Å²) in [4.78, 5) is 0. The first-order valence-corrected chi connectivity index (χ1v) is 6.41. The van der Waals surface area contributed by atoms with Crippen LogP contribution in [0.4, 0.5) is 0 Å². The highest BCUT2D eigenvalue weighted by Gasteiger charge is 2.22. The summed E-state index contributed by atoms with van der Waals surface area (Å²) in [5.74, 6) is 0.689. The summed E-state index contributed by atoms with van der Waals surface area (Å²) < 4.78 is 27.1. The molecule has 1 rings (SSSR count). The fourth-order valence-corrected chi connectivity index (χ4v) is 2.34. The van der Waals surface area contributed by atoms with E-state index in [1.807, 2.05) is 0 Å². The third kappa shape index (κ3) is 4.18. The quantitative estimate of drug-likeness (QED) is 0.733. The molecule has 0 aliphatic rings. The van der Waals surface area contributed by atoms with Gasteiger partial charge < -0.3 is 4.42 Å². The molecule has 1 N–H and O–H groups in total. The monoisotopic (exact) mass is 233 g/mol. The minimum Gasteiger partial charge on any atom is -0.468 e. The number of furan rings is 1. The summed E-state index contributed by atoms with van der Waals surface area (Å²) in [6, 6.07) is 3.55. The van der Waals surface area contributed by atoms with E-state index < -0.39 is 7.75 Å². The summed E-state index contributed by atoms with van der Waals surface area (Å²) >= 11 is 0. The van der Waals surface area contributed by atoms with E-state index in [4.69, 9.17) is 13.5 Å². The van der Waals surface area contributed by atoms with E-state index in [0.29, 0.717) is 25.5 Å². The van der Waals surface area contributed by atoms with Crippen LogP contribution in [0.2, 0.25) is 0 Å². The predicted octanol–water partition coefficient (Wildman–Crippen LogP) is 2.55. The number of hydrogen-bond acceptors (Lipinski definition) is 4. The molecule has 0 fully saturated rings. The van der Waals surface area contributed by atoms with Gasteiger partial charge in [0.15, 0.2) is 0 Å². The van der Waals surface area contributed by atoms with E-state index in [2.05, 4.69) is 5.09 Å². The normalized spacial score (nSPS) is 11.9. The molecule has 1 aromatic heterocycles. The summed E-state index contributed by atoms with van der Waals surface area (Å²) in [6.07, 6.45) is 1.56. The van der Waals surface area contributed by atoms with Crippen molar-refractivity contribution in [2.45, 2.75) is 20.4 Å². The second kappa shape index (κ2) is 6.08. The first kappa shape index (κ1) is 12.5. The van der Waals surface area contributed by atoms with E-state index in [1.54, 1.807) is 32.2 Å². The highest BCUT2D eigenvalue weighted by atomic mass is 31.2. The van der Waals surface area contributed by atoms with Gasteiger partial charge in [-0.3, -0.25) is 9.05 Å². The molecule has 0 aliphatic heterocycles. The summed E-state index contributed by atoms with van der Waals surface area (Å²) in [5, 5.41) is 2.72. The zero-order chi connectivity index (χ0) is 11.1. The molecule has 0 amide bonds. The topological polar surface area (TPSA) is 60.7 Å². The van der Waals surface area contributed by atoms with Crippen molar-refractivity contribution in [3.8, 4) is 0 Å². The van der Waals surface area contributed by atoms with Crippen molar-refractivity contribution in [3.63, 3.8) is 0 Å². The Labute approximate surface area is 89.3 Å². The molecule has 86 valence electrons. The Bertz CT molecular complexity index is 302. The molecule has 0 radical (unpaired) electrons. The van der Waals surface area contributed by atoms with E-state index in [0.717, 1.165) is 0 Å². The van der Waals surface area contributed by atoms with Crippen LogP contribution in [0.5, 0.6) is 0 Å². The lowest BCUT2D eigenvalue weighted by atomic mass is 10.5. The van der Waals surface area contributed by atoms with Crippen LogP contribution < -0.4 is 5.09 Å². The van der Waals surface area contributed by atoms with Gasteiger partial charge in [-0.05, 0) is 26.0 Å². The zero-order valence-electron chi connectivity index (χ0n) is 8.93. The Morgan fingerprint density at radius 2 is 2.07 bits per heavy atom. The van der Waals surface area contributed by atoms with Crippen LogP contribution in [0, 0.1) is 0 Å². The predicted molar refractivity (Wildman–Crippen MR) is 56.4 cm³/mol. The van der Waals surface area contributed by atoms with E-state index in [9.17, 15) is 4.57 Å². The average molecular weight is 233 g/mol. The van der Waals surface area contributed by atoms with Gasteiger partial charge in [-0.2, -0.15) is 0 Å². The fourth-order valence-electron chi connectivity index (χ4n) is 1.06. The first-order valence-electron chi connectivity index (χ1n) is 4.87. The third-order valence-electron chi connectivity index (χ3n) is 1.63. The van der Waals surface area contributed by atoms with Crippen LogP contribution in [0.1, 0.15) is 19.6 Å². The Hall–Kier alpha value is -0.610. The smallest absolute Gasteiger partial charge is 0.405 e. The summed E-state index contributed by atoms with van der Waals surface area (Å²) in [7, 11) is -3.17. The van der Waals surface area contributed by atoms with Crippen LogP contribution in [0.15, 0.2) is 22.8 Å². The van der Waals surface area contributed by atoms with Crippen LogP contribution in [-0.2, 0) is 20.2 Å². The summed E-state index contributed by atoms with van der Waals surface area (Å²) in [5.41, 5.74) is 0. The minimum atomic E-state index is -3.17. The molecule has 1 aromatic rings. The van der Waals surface area contributed by atoms with Crippen molar-refractivity contribution < 1.29 is 18.0 Å². The molecule has 0 bridgehead atoms. The molecule has 0 atom stereocenters. The maximum atomic E-state index is 11.9. The van der Waals surface area contributed by atoms with E-state index in [-0.39, 0.29) is 0 Å². The SMILES string of the molecule is CCOP(=O)(NCc1ccco1)OCC. The molecule has 0 aromatic carbocycles. The van der Waals surface area contributed by atoms with Gasteiger partial charge in [-0.1, -0.05) is 0 Å². The molecule has 0 spiro atoms. The van der Waals surface area contributed by atoms with Crippen molar-refractivity contribution in [1.29, 1.82) is 0 Å². The minimum absolute atomic E-state index is 0.324. The van der Waals surface area contributed by atoms with Gasteiger partial charge in [0.1, 0.15) is 5.76 Å².